The molecule has 1 atom stereocenters. The molecule has 0 radical (unpaired) electrons. The van der Waals surface area contributed by atoms with Crippen molar-refractivity contribution in [3.63, 3.8) is 0 Å². The van der Waals surface area contributed by atoms with Crippen molar-refractivity contribution in [2.45, 2.75) is 36.8 Å². The van der Waals surface area contributed by atoms with Gasteiger partial charge in [0, 0.05) is 12.1 Å². The molecule has 1 unspecified atom stereocenters. The van der Waals surface area contributed by atoms with E-state index in [9.17, 15) is 13.2 Å². The molecule has 1 amide bonds. The summed E-state index contributed by atoms with van der Waals surface area (Å²) in [6, 6.07) is 6.15. The van der Waals surface area contributed by atoms with Crippen LogP contribution < -0.4 is 10.6 Å². The largest absolute Gasteiger partial charge is 0.352 e. The number of carbonyl (C=O) groups excluding carboxylic acids is 1. The molecule has 1 aromatic rings. The number of benzene rings is 1. The van der Waals surface area contributed by atoms with Crippen LogP contribution in [0.4, 0.5) is 0 Å². The van der Waals surface area contributed by atoms with Gasteiger partial charge in [-0.25, -0.2) is 8.42 Å². The summed E-state index contributed by atoms with van der Waals surface area (Å²) in [5.41, 5.74) is 0.493. The summed E-state index contributed by atoms with van der Waals surface area (Å²) in [5, 5.41) is 5.73. The van der Waals surface area contributed by atoms with Gasteiger partial charge in [-0.15, -0.1) is 12.4 Å². The van der Waals surface area contributed by atoms with E-state index >= 15 is 0 Å². The Labute approximate surface area is 144 Å². The molecule has 1 saturated heterocycles. The van der Waals surface area contributed by atoms with Crippen molar-refractivity contribution >= 4 is 28.2 Å². The highest BCUT2D eigenvalue weighted by molar-refractivity contribution is 7.92. The predicted octanol–water partition coefficient (Wildman–Crippen LogP) is 2.02. The normalized spacial score (nSPS) is 17.8. The van der Waals surface area contributed by atoms with Gasteiger partial charge in [0.05, 0.1) is 10.1 Å². The van der Waals surface area contributed by atoms with Gasteiger partial charge in [0.1, 0.15) is 0 Å². The number of sulfone groups is 1. The van der Waals surface area contributed by atoms with Crippen LogP contribution in [0.15, 0.2) is 29.2 Å². The van der Waals surface area contributed by atoms with Gasteiger partial charge in [0.15, 0.2) is 9.84 Å². The predicted molar refractivity (Wildman–Crippen MR) is 93.9 cm³/mol. The lowest BCUT2D eigenvalue weighted by Crippen LogP contribution is -2.26. The molecule has 1 aromatic carbocycles. The van der Waals surface area contributed by atoms with Gasteiger partial charge >= 0.3 is 0 Å². The number of hydrogen-bond donors (Lipinski definition) is 2. The molecular formula is C16H25ClN2O3S. The van der Waals surface area contributed by atoms with Crippen LogP contribution in [0.3, 0.4) is 0 Å². The summed E-state index contributed by atoms with van der Waals surface area (Å²) >= 11 is 0. The molecule has 0 spiro atoms. The van der Waals surface area contributed by atoms with E-state index in [1.54, 1.807) is 26.0 Å². The number of amides is 1. The van der Waals surface area contributed by atoms with Crippen molar-refractivity contribution in [2.24, 2.45) is 5.92 Å². The average molecular weight is 361 g/mol. The van der Waals surface area contributed by atoms with E-state index in [0.717, 1.165) is 25.9 Å². The van der Waals surface area contributed by atoms with Gasteiger partial charge in [-0.05, 0) is 70.0 Å². The van der Waals surface area contributed by atoms with Gasteiger partial charge in [0.2, 0.25) is 0 Å². The monoisotopic (exact) mass is 360 g/mol. The first-order valence-electron chi connectivity index (χ1n) is 7.74. The average Bonchev–Trinajstić information content (AvgIpc) is 3.00. The summed E-state index contributed by atoms with van der Waals surface area (Å²) in [4.78, 5) is 12.3. The molecule has 1 fully saturated rings. The second-order valence-electron chi connectivity index (χ2n) is 6.02. The van der Waals surface area contributed by atoms with Gasteiger partial charge in [-0.1, -0.05) is 0 Å². The van der Waals surface area contributed by atoms with Gasteiger partial charge in [-0.3, -0.25) is 4.79 Å². The van der Waals surface area contributed by atoms with Crippen LogP contribution in [0.1, 0.15) is 37.0 Å². The topological polar surface area (TPSA) is 75.3 Å². The zero-order chi connectivity index (χ0) is 16.2. The van der Waals surface area contributed by atoms with Crippen molar-refractivity contribution < 1.29 is 13.2 Å². The maximum absolute atomic E-state index is 12.0. The lowest BCUT2D eigenvalue weighted by Gasteiger charge is -2.10. The quantitative estimate of drug-likeness (QED) is 0.813. The van der Waals surface area contributed by atoms with Crippen molar-refractivity contribution in [3.05, 3.63) is 29.8 Å². The molecule has 23 heavy (non-hydrogen) atoms. The summed E-state index contributed by atoms with van der Waals surface area (Å²) in [6.07, 6.45) is 2.14. The van der Waals surface area contributed by atoms with Crippen LogP contribution in [0.5, 0.6) is 0 Å². The van der Waals surface area contributed by atoms with E-state index in [2.05, 4.69) is 10.6 Å². The van der Waals surface area contributed by atoms with E-state index in [1.165, 1.54) is 12.1 Å². The zero-order valence-corrected chi connectivity index (χ0v) is 15.2. The first-order chi connectivity index (χ1) is 10.4. The molecule has 2 N–H and O–H groups in total. The third kappa shape index (κ3) is 5.19. The Morgan fingerprint density at radius 1 is 1.30 bits per heavy atom. The third-order valence-corrected chi connectivity index (χ3v) is 6.24. The van der Waals surface area contributed by atoms with Crippen molar-refractivity contribution in [1.29, 1.82) is 0 Å². The molecule has 2 rings (SSSR count). The minimum absolute atomic E-state index is 0. The van der Waals surface area contributed by atoms with Crippen LogP contribution in [0.25, 0.3) is 0 Å². The molecule has 1 aliphatic rings. The molecule has 1 aliphatic heterocycles. The fraction of sp³-hybridized carbons (Fsp3) is 0.562. The third-order valence-electron chi connectivity index (χ3n) is 4.07. The standard InChI is InChI=1S/C16H24N2O3S.ClH/c1-12(2)22(20,21)15-5-3-14(4-6-15)16(19)18-10-8-13-7-9-17-11-13;/h3-6,12-13,17H,7-11H2,1-2H3,(H,18,19);1H. The summed E-state index contributed by atoms with van der Waals surface area (Å²) < 4.78 is 24.1. The summed E-state index contributed by atoms with van der Waals surface area (Å²) in [5.74, 6) is 0.485. The number of hydrogen-bond acceptors (Lipinski definition) is 4. The molecule has 1 heterocycles. The van der Waals surface area contributed by atoms with Crippen LogP contribution in [-0.4, -0.2) is 39.2 Å². The molecule has 0 saturated carbocycles. The smallest absolute Gasteiger partial charge is 0.251 e. The minimum Gasteiger partial charge on any atom is -0.352 e. The summed E-state index contributed by atoms with van der Waals surface area (Å²) in [7, 11) is -3.29. The second-order valence-corrected chi connectivity index (χ2v) is 8.53. The van der Waals surface area contributed by atoms with E-state index in [-0.39, 0.29) is 23.2 Å². The Morgan fingerprint density at radius 2 is 1.96 bits per heavy atom. The van der Waals surface area contributed by atoms with Crippen molar-refractivity contribution in [2.75, 3.05) is 19.6 Å². The molecule has 130 valence electrons. The molecule has 0 bridgehead atoms. The van der Waals surface area contributed by atoms with Crippen molar-refractivity contribution in [3.8, 4) is 0 Å². The first-order valence-corrected chi connectivity index (χ1v) is 9.29. The highest BCUT2D eigenvalue weighted by Crippen LogP contribution is 2.16. The maximum atomic E-state index is 12.0. The molecule has 5 nitrogen and oxygen atoms in total. The zero-order valence-electron chi connectivity index (χ0n) is 13.5. The molecule has 0 aliphatic carbocycles. The van der Waals surface area contributed by atoms with E-state index in [4.69, 9.17) is 0 Å². The first kappa shape index (κ1) is 19.9. The number of halogens is 1. The second kappa shape index (κ2) is 8.66. The molecule has 7 heteroatoms. The number of nitrogens with one attached hydrogen (secondary N) is 2. The van der Waals surface area contributed by atoms with E-state index < -0.39 is 15.1 Å². The Kier molecular flexibility index (Phi) is 7.51. The fourth-order valence-corrected chi connectivity index (χ4v) is 3.58. The highest BCUT2D eigenvalue weighted by Gasteiger charge is 2.19. The van der Waals surface area contributed by atoms with E-state index in [1.807, 2.05) is 0 Å². The summed E-state index contributed by atoms with van der Waals surface area (Å²) in [6.45, 7) is 6.03. The maximum Gasteiger partial charge on any atom is 0.251 e. The minimum atomic E-state index is -3.29. The lowest BCUT2D eigenvalue weighted by molar-refractivity contribution is 0.0951. The Bertz CT molecular complexity index is 609. The molecular weight excluding hydrogens is 336 g/mol. The number of carbonyl (C=O) groups is 1. The Morgan fingerprint density at radius 3 is 2.48 bits per heavy atom. The van der Waals surface area contributed by atoms with Gasteiger partial charge < -0.3 is 10.6 Å². The Balaban J connectivity index is 0.00000264. The Hall–Kier alpha value is -1.11. The van der Waals surface area contributed by atoms with Crippen LogP contribution in [0.2, 0.25) is 0 Å². The SMILES string of the molecule is CC(C)S(=O)(=O)c1ccc(C(=O)NCCC2CCNC2)cc1.Cl. The molecule has 0 aromatic heterocycles. The van der Waals surface area contributed by atoms with Crippen LogP contribution in [-0.2, 0) is 9.84 Å². The van der Waals surface area contributed by atoms with Crippen LogP contribution in [0, 0.1) is 5.92 Å². The van der Waals surface area contributed by atoms with Gasteiger partial charge in [0.25, 0.3) is 5.91 Å². The van der Waals surface area contributed by atoms with Crippen LogP contribution >= 0.6 is 12.4 Å². The highest BCUT2D eigenvalue weighted by atomic mass is 35.5. The van der Waals surface area contributed by atoms with E-state index in [0.29, 0.717) is 18.0 Å². The fourth-order valence-electron chi connectivity index (χ4n) is 2.52. The lowest BCUT2D eigenvalue weighted by atomic mass is 10.1. The number of rotatable bonds is 6. The van der Waals surface area contributed by atoms with Gasteiger partial charge in [-0.2, -0.15) is 0 Å². The van der Waals surface area contributed by atoms with Crippen molar-refractivity contribution in [1.82, 2.24) is 10.6 Å².